The monoisotopic (exact) mass is 470 g/mol. The van der Waals surface area contributed by atoms with Crippen LogP contribution in [0.2, 0.25) is 0 Å². The summed E-state index contributed by atoms with van der Waals surface area (Å²) in [6.07, 6.45) is 3.73. The lowest BCUT2D eigenvalue weighted by Crippen LogP contribution is -2.15. The molecule has 0 spiro atoms. The van der Waals surface area contributed by atoms with Gasteiger partial charge in [-0.2, -0.15) is 0 Å². The number of non-ortho nitro benzene ring substituents is 1. The van der Waals surface area contributed by atoms with Gasteiger partial charge in [0.2, 0.25) is 0 Å². The maximum atomic E-state index is 12.8. The Kier molecular flexibility index (Phi) is 6.74. The van der Waals surface area contributed by atoms with Crippen LogP contribution in [0.4, 0.5) is 10.7 Å². The highest BCUT2D eigenvalue weighted by atomic mass is 32.1. The topological polar surface area (TPSA) is 121 Å². The molecule has 172 valence electrons. The molecule has 0 aliphatic heterocycles. The average molecular weight is 471 g/mol. The molecule has 0 fully saturated rings. The Labute approximate surface area is 193 Å². The summed E-state index contributed by atoms with van der Waals surface area (Å²) >= 11 is 1.41. The number of benzene rings is 1. The van der Waals surface area contributed by atoms with Gasteiger partial charge < -0.3 is 19.2 Å². The molecule has 2 heterocycles. The standard InChI is InChI=1S/C23H22N2O7S/c1-2-30-23(27)20-17-5-3-4-6-19(17)33-22(20)24-21(26)18-12-11-16(32-18)13-31-15-9-7-14(8-10-15)25(28)29/h7-12H,2-6,13H2,1H3,(H,24,26). The molecule has 0 atom stereocenters. The van der Waals surface area contributed by atoms with Gasteiger partial charge in [-0.1, -0.05) is 0 Å². The number of esters is 1. The molecule has 0 saturated heterocycles. The smallest absolute Gasteiger partial charge is 0.341 e. The summed E-state index contributed by atoms with van der Waals surface area (Å²) in [6, 6.07) is 8.82. The van der Waals surface area contributed by atoms with Crippen LogP contribution < -0.4 is 10.1 Å². The van der Waals surface area contributed by atoms with Gasteiger partial charge in [-0.05, 0) is 62.4 Å². The molecule has 0 saturated carbocycles. The number of thiophene rings is 1. The minimum absolute atomic E-state index is 0.0308. The van der Waals surface area contributed by atoms with Gasteiger partial charge in [-0.3, -0.25) is 14.9 Å². The molecule has 2 aromatic heterocycles. The van der Waals surface area contributed by atoms with E-state index in [1.165, 1.54) is 41.7 Å². The van der Waals surface area contributed by atoms with Crippen LogP contribution in [0.5, 0.6) is 5.75 Å². The number of ether oxygens (including phenoxy) is 2. The highest BCUT2D eigenvalue weighted by Gasteiger charge is 2.28. The summed E-state index contributed by atoms with van der Waals surface area (Å²) in [5, 5.41) is 14.0. The summed E-state index contributed by atoms with van der Waals surface area (Å²) in [6.45, 7) is 2.05. The Morgan fingerprint density at radius 3 is 2.64 bits per heavy atom. The Morgan fingerprint density at radius 2 is 1.91 bits per heavy atom. The van der Waals surface area contributed by atoms with Crippen molar-refractivity contribution in [1.29, 1.82) is 0 Å². The Hall–Kier alpha value is -3.66. The third kappa shape index (κ3) is 5.06. The number of nitro groups is 1. The molecule has 9 nitrogen and oxygen atoms in total. The molecule has 0 bridgehead atoms. The largest absolute Gasteiger partial charge is 0.486 e. The first-order valence-electron chi connectivity index (χ1n) is 10.5. The number of fused-ring (bicyclic) bond motifs is 1. The SMILES string of the molecule is CCOC(=O)c1c(NC(=O)c2ccc(COc3ccc([N+](=O)[O-])cc3)o2)sc2c1CCCC2. The van der Waals surface area contributed by atoms with E-state index in [0.717, 1.165) is 36.1 Å². The number of hydrogen-bond donors (Lipinski definition) is 1. The summed E-state index contributed by atoms with van der Waals surface area (Å²) in [7, 11) is 0. The fraction of sp³-hybridized carbons (Fsp3) is 0.304. The molecule has 4 rings (SSSR count). The normalized spacial score (nSPS) is 12.6. The van der Waals surface area contributed by atoms with Crippen LogP contribution in [-0.2, 0) is 24.2 Å². The van der Waals surface area contributed by atoms with E-state index in [-0.39, 0.29) is 24.7 Å². The number of carbonyl (C=O) groups excluding carboxylic acids is 2. The predicted octanol–water partition coefficient (Wildman–Crippen LogP) is 5.14. The van der Waals surface area contributed by atoms with Gasteiger partial charge in [-0.15, -0.1) is 11.3 Å². The van der Waals surface area contributed by atoms with E-state index in [1.54, 1.807) is 13.0 Å². The molecule has 10 heteroatoms. The van der Waals surface area contributed by atoms with E-state index in [2.05, 4.69) is 5.32 Å². The second-order valence-electron chi connectivity index (χ2n) is 7.40. The first-order valence-corrected chi connectivity index (χ1v) is 11.4. The number of nitrogens with zero attached hydrogens (tertiary/aromatic N) is 1. The number of hydrogen-bond acceptors (Lipinski definition) is 8. The van der Waals surface area contributed by atoms with Gasteiger partial charge in [0.1, 0.15) is 23.1 Å². The summed E-state index contributed by atoms with van der Waals surface area (Å²) in [5.41, 5.74) is 1.38. The van der Waals surface area contributed by atoms with Crippen molar-refractivity contribution in [3.63, 3.8) is 0 Å². The van der Waals surface area contributed by atoms with Crippen molar-refractivity contribution < 1.29 is 28.4 Å². The summed E-state index contributed by atoms with van der Waals surface area (Å²) in [4.78, 5) is 36.7. The third-order valence-electron chi connectivity index (χ3n) is 5.19. The predicted molar refractivity (Wildman–Crippen MR) is 121 cm³/mol. The molecule has 0 radical (unpaired) electrons. The quantitative estimate of drug-likeness (QED) is 0.275. The molecule has 3 aromatic rings. The molecular formula is C23H22N2O7S. The second kappa shape index (κ2) is 9.86. The van der Waals surface area contributed by atoms with E-state index in [9.17, 15) is 19.7 Å². The zero-order valence-electron chi connectivity index (χ0n) is 17.9. The van der Waals surface area contributed by atoms with Crippen LogP contribution in [0.3, 0.4) is 0 Å². The van der Waals surface area contributed by atoms with Gasteiger partial charge in [0.05, 0.1) is 17.1 Å². The number of carbonyl (C=O) groups is 2. The Bertz CT molecular complexity index is 1180. The molecule has 33 heavy (non-hydrogen) atoms. The van der Waals surface area contributed by atoms with E-state index in [0.29, 0.717) is 22.1 Å². The molecule has 1 N–H and O–H groups in total. The molecular weight excluding hydrogens is 448 g/mol. The molecule has 1 aliphatic carbocycles. The maximum absolute atomic E-state index is 12.8. The number of furan rings is 1. The summed E-state index contributed by atoms with van der Waals surface area (Å²) < 4.78 is 16.4. The first-order chi connectivity index (χ1) is 16.0. The first kappa shape index (κ1) is 22.5. The highest BCUT2D eigenvalue weighted by molar-refractivity contribution is 7.17. The van der Waals surface area contributed by atoms with Crippen LogP contribution in [0.15, 0.2) is 40.8 Å². The van der Waals surface area contributed by atoms with Gasteiger partial charge in [0.25, 0.3) is 11.6 Å². The zero-order chi connectivity index (χ0) is 23.4. The van der Waals surface area contributed by atoms with Gasteiger partial charge in [-0.25, -0.2) is 4.79 Å². The maximum Gasteiger partial charge on any atom is 0.341 e. The average Bonchev–Trinajstić information content (AvgIpc) is 3.42. The van der Waals surface area contributed by atoms with Crippen molar-refractivity contribution in [2.45, 2.75) is 39.2 Å². The fourth-order valence-electron chi connectivity index (χ4n) is 3.63. The molecule has 1 amide bonds. The van der Waals surface area contributed by atoms with Gasteiger partial charge >= 0.3 is 5.97 Å². The van der Waals surface area contributed by atoms with Gasteiger partial charge in [0, 0.05) is 17.0 Å². The fourth-order valence-corrected chi connectivity index (χ4v) is 4.91. The molecule has 1 aromatic carbocycles. The van der Waals surface area contributed by atoms with Crippen molar-refractivity contribution in [3.05, 3.63) is 74.0 Å². The van der Waals surface area contributed by atoms with Crippen LogP contribution >= 0.6 is 11.3 Å². The number of rotatable bonds is 8. The number of anilines is 1. The van der Waals surface area contributed by atoms with Gasteiger partial charge in [0.15, 0.2) is 5.76 Å². The van der Waals surface area contributed by atoms with E-state index < -0.39 is 16.8 Å². The van der Waals surface area contributed by atoms with Crippen LogP contribution in [0.1, 0.15) is 56.9 Å². The molecule has 1 aliphatic rings. The lowest BCUT2D eigenvalue weighted by molar-refractivity contribution is -0.384. The minimum atomic E-state index is -0.488. The lowest BCUT2D eigenvalue weighted by atomic mass is 9.95. The van der Waals surface area contributed by atoms with Crippen LogP contribution in [-0.4, -0.2) is 23.4 Å². The Balaban J connectivity index is 1.44. The number of nitro benzene ring substituents is 1. The van der Waals surface area contributed by atoms with Crippen molar-refractivity contribution in [3.8, 4) is 5.75 Å². The van der Waals surface area contributed by atoms with Crippen LogP contribution in [0.25, 0.3) is 0 Å². The third-order valence-corrected chi connectivity index (χ3v) is 6.40. The van der Waals surface area contributed by atoms with E-state index in [1.807, 2.05) is 0 Å². The summed E-state index contributed by atoms with van der Waals surface area (Å²) in [5.74, 6) is 0.0314. The van der Waals surface area contributed by atoms with Crippen LogP contribution in [0, 0.1) is 10.1 Å². The minimum Gasteiger partial charge on any atom is -0.486 e. The van der Waals surface area contributed by atoms with E-state index in [4.69, 9.17) is 13.9 Å². The molecule has 0 unspecified atom stereocenters. The van der Waals surface area contributed by atoms with Crippen molar-refractivity contribution >= 4 is 33.9 Å². The van der Waals surface area contributed by atoms with Crippen molar-refractivity contribution in [1.82, 2.24) is 0 Å². The van der Waals surface area contributed by atoms with Crippen molar-refractivity contribution in [2.75, 3.05) is 11.9 Å². The lowest BCUT2D eigenvalue weighted by Gasteiger charge is -2.12. The zero-order valence-corrected chi connectivity index (χ0v) is 18.7. The number of amides is 1. The number of aryl methyl sites for hydroxylation is 1. The second-order valence-corrected chi connectivity index (χ2v) is 8.50. The highest BCUT2D eigenvalue weighted by Crippen LogP contribution is 2.38. The van der Waals surface area contributed by atoms with E-state index >= 15 is 0 Å². The Morgan fingerprint density at radius 1 is 1.15 bits per heavy atom. The number of nitrogens with one attached hydrogen (secondary N) is 1. The van der Waals surface area contributed by atoms with Crippen molar-refractivity contribution in [2.24, 2.45) is 0 Å².